The van der Waals surface area contributed by atoms with Crippen LogP contribution in [0.15, 0.2) is 30.3 Å². The predicted octanol–water partition coefficient (Wildman–Crippen LogP) is -1.12. The standard InChI is InChI=1S/C24H35N5O8/c1-3-13(2)20(29-21(33)15(25)9-10-18(26)30)23(35)27-16(12-19(31)32)22(34)28-17(24(36)37)11-14-7-5-4-6-8-14/h4-8,13,15-17,20H,3,9-12,25H2,1-2H3,(H2,26,30)(H,27,35)(H,28,34)(H,29,33)(H,31,32)(H,36,37). The van der Waals surface area contributed by atoms with Gasteiger partial charge in [-0.25, -0.2) is 4.79 Å². The predicted molar refractivity (Wildman–Crippen MR) is 132 cm³/mol. The van der Waals surface area contributed by atoms with Crippen molar-refractivity contribution < 1.29 is 39.0 Å². The molecular formula is C24H35N5O8. The lowest BCUT2D eigenvalue weighted by Crippen LogP contribution is -2.59. The van der Waals surface area contributed by atoms with Crippen LogP contribution in [0.4, 0.5) is 0 Å². The van der Waals surface area contributed by atoms with Crippen molar-refractivity contribution in [2.24, 2.45) is 17.4 Å². The summed E-state index contributed by atoms with van der Waals surface area (Å²) in [6.07, 6.45) is -0.636. The molecule has 37 heavy (non-hydrogen) atoms. The number of nitrogens with one attached hydrogen (secondary N) is 3. The second-order valence-corrected chi connectivity index (χ2v) is 8.73. The number of benzene rings is 1. The van der Waals surface area contributed by atoms with Crippen molar-refractivity contribution in [3.63, 3.8) is 0 Å². The van der Waals surface area contributed by atoms with E-state index in [1.165, 1.54) is 0 Å². The minimum absolute atomic E-state index is 0.0436. The molecule has 0 aliphatic heterocycles. The van der Waals surface area contributed by atoms with Gasteiger partial charge in [0, 0.05) is 12.8 Å². The topological polar surface area (TPSA) is 231 Å². The molecule has 9 N–H and O–H groups in total. The van der Waals surface area contributed by atoms with Gasteiger partial charge in [0.2, 0.25) is 23.6 Å². The third kappa shape index (κ3) is 11.1. The van der Waals surface area contributed by atoms with E-state index in [0.717, 1.165) is 0 Å². The lowest BCUT2D eigenvalue weighted by atomic mass is 9.97. The molecule has 0 aromatic heterocycles. The van der Waals surface area contributed by atoms with Gasteiger partial charge in [0.1, 0.15) is 18.1 Å². The van der Waals surface area contributed by atoms with Gasteiger partial charge >= 0.3 is 11.9 Å². The number of carboxylic acid groups (broad SMARTS) is 2. The van der Waals surface area contributed by atoms with Crippen molar-refractivity contribution in [3.05, 3.63) is 35.9 Å². The highest BCUT2D eigenvalue weighted by Gasteiger charge is 2.33. The van der Waals surface area contributed by atoms with Crippen LogP contribution in [0.2, 0.25) is 0 Å². The average molecular weight is 522 g/mol. The molecule has 13 heteroatoms. The second kappa shape index (κ2) is 15.2. The Balaban J connectivity index is 3.01. The third-order valence-corrected chi connectivity index (χ3v) is 5.74. The molecule has 5 unspecified atom stereocenters. The van der Waals surface area contributed by atoms with Crippen LogP contribution in [-0.4, -0.2) is 69.9 Å². The van der Waals surface area contributed by atoms with E-state index in [1.807, 2.05) is 0 Å². The largest absolute Gasteiger partial charge is 0.481 e. The van der Waals surface area contributed by atoms with Gasteiger partial charge in [-0.1, -0.05) is 50.6 Å². The van der Waals surface area contributed by atoms with E-state index in [0.29, 0.717) is 12.0 Å². The molecule has 0 aliphatic rings. The Hall–Kier alpha value is -4.00. The molecule has 13 nitrogen and oxygen atoms in total. The van der Waals surface area contributed by atoms with E-state index in [9.17, 15) is 39.0 Å². The Bertz CT molecular complexity index is 971. The summed E-state index contributed by atoms with van der Waals surface area (Å²) in [5.74, 6) is -6.41. The minimum Gasteiger partial charge on any atom is -0.481 e. The second-order valence-electron chi connectivity index (χ2n) is 8.73. The summed E-state index contributed by atoms with van der Waals surface area (Å²) in [5.41, 5.74) is 11.5. The Morgan fingerprint density at radius 3 is 2.00 bits per heavy atom. The summed E-state index contributed by atoms with van der Waals surface area (Å²) in [6, 6.07) is 3.19. The van der Waals surface area contributed by atoms with Gasteiger partial charge in [0.15, 0.2) is 0 Å². The maximum Gasteiger partial charge on any atom is 0.326 e. The van der Waals surface area contributed by atoms with Crippen LogP contribution in [0, 0.1) is 5.92 Å². The summed E-state index contributed by atoms with van der Waals surface area (Å²) >= 11 is 0. The van der Waals surface area contributed by atoms with Gasteiger partial charge in [0.25, 0.3) is 0 Å². The first-order chi connectivity index (χ1) is 17.3. The number of amides is 4. The molecule has 0 bridgehead atoms. The molecule has 0 heterocycles. The van der Waals surface area contributed by atoms with Crippen LogP contribution in [-0.2, 0) is 35.2 Å². The molecule has 0 aliphatic carbocycles. The van der Waals surface area contributed by atoms with E-state index in [2.05, 4.69) is 16.0 Å². The molecule has 0 saturated carbocycles. The number of carboxylic acids is 2. The number of rotatable bonds is 16. The lowest BCUT2D eigenvalue weighted by Gasteiger charge is -2.27. The first-order valence-corrected chi connectivity index (χ1v) is 11.8. The van der Waals surface area contributed by atoms with Gasteiger partial charge < -0.3 is 37.6 Å². The molecule has 5 atom stereocenters. The SMILES string of the molecule is CCC(C)C(NC(=O)C(N)CCC(N)=O)C(=O)NC(CC(=O)O)C(=O)NC(Cc1ccccc1)C(=O)O. The summed E-state index contributed by atoms with van der Waals surface area (Å²) in [7, 11) is 0. The number of nitrogens with two attached hydrogens (primary N) is 2. The molecule has 0 fully saturated rings. The molecule has 204 valence electrons. The van der Waals surface area contributed by atoms with Gasteiger partial charge in [-0.05, 0) is 17.9 Å². The molecule has 0 spiro atoms. The summed E-state index contributed by atoms with van der Waals surface area (Å²) in [4.78, 5) is 72.4. The van der Waals surface area contributed by atoms with Gasteiger partial charge in [0.05, 0.1) is 12.5 Å². The van der Waals surface area contributed by atoms with Crippen LogP contribution in [0.5, 0.6) is 0 Å². The Kier molecular flexibility index (Phi) is 12.7. The number of hydrogen-bond donors (Lipinski definition) is 7. The van der Waals surface area contributed by atoms with Crippen molar-refractivity contribution in [3.8, 4) is 0 Å². The first-order valence-electron chi connectivity index (χ1n) is 11.8. The highest BCUT2D eigenvalue weighted by atomic mass is 16.4. The zero-order valence-electron chi connectivity index (χ0n) is 20.8. The summed E-state index contributed by atoms with van der Waals surface area (Å²) in [5, 5.41) is 25.9. The number of aliphatic carboxylic acids is 2. The van der Waals surface area contributed by atoms with E-state index in [-0.39, 0.29) is 19.3 Å². The van der Waals surface area contributed by atoms with Crippen LogP contribution >= 0.6 is 0 Å². The molecular weight excluding hydrogens is 486 g/mol. The van der Waals surface area contributed by atoms with Gasteiger partial charge in [-0.15, -0.1) is 0 Å². The highest BCUT2D eigenvalue weighted by Crippen LogP contribution is 2.10. The zero-order valence-corrected chi connectivity index (χ0v) is 20.8. The van der Waals surface area contributed by atoms with Crippen LogP contribution in [0.3, 0.4) is 0 Å². The van der Waals surface area contributed by atoms with Gasteiger partial charge in [-0.3, -0.25) is 24.0 Å². The molecule has 1 aromatic rings. The van der Waals surface area contributed by atoms with E-state index in [1.54, 1.807) is 44.2 Å². The fourth-order valence-corrected chi connectivity index (χ4v) is 3.36. The fourth-order valence-electron chi connectivity index (χ4n) is 3.36. The average Bonchev–Trinajstić information content (AvgIpc) is 2.84. The minimum atomic E-state index is -1.62. The quantitative estimate of drug-likeness (QED) is 0.139. The smallest absolute Gasteiger partial charge is 0.326 e. The number of carbonyl (C=O) groups is 6. The maximum atomic E-state index is 13.0. The molecule has 1 aromatic carbocycles. The zero-order chi connectivity index (χ0) is 28.1. The highest BCUT2D eigenvalue weighted by molar-refractivity contribution is 5.95. The number of hydrogen-bond acceptors (Lipinski definition) is 7. The molecule has 4 amide bonds. The van der Waals surface area contributed by atoms with Crippen molar-refractivity contribution in [1.29, 1.82) is 0 Å². The van der Waals surface area contributed by atoms with E-state index >= 15 is 0 Å². The number of primary amides is 1. The molecule has 0 radical (unpaired) electrons. The van der Waals surface area contributed by atoms with E-state index < -0.39 is 72.1 Å². The monoisotopic (exact) mass is 521 g/mol. The van der Waals surface area contributed by atoms with Crippen LogP contribution < -0.4 is 27.4 Å². The number of carbonyl (C=O) groups excluding carboxylic acids is 4. The Labute approximate surface area is 214 Å². The lowest BCUT2D eigenvalue weighted by molar-refractivity contribution is -0.143. The van der Waals surface area contributed by atoms with Crippen LogP contribution in [0.25, 0.3) is 0 Å². The normalized spacial score (nSPS) is 14.8. The maximum absolute atomic E-state index is 13.0. The summed E-state index contributed by atoms with van der Waals surface area (Å²) < 4.78 is 0. The Morgan fingerprint density at radius 1 is 0.892 bits per heavy atom. The van der Waals surface area contributed by atoms with E-state index in [4.69, 9.17) is 11.5 Å². The van der Waals surface area contributed by atoms with Crippen LogP contribution in [0.1, 0.15) is 45.1 Å². The van der Waals surface area contributed by atoms with Crippen molar-refractivity contribution >= 4 is 35.6 Å². The summed E-state index contributed by atoms with van der Waals surface area (Å²) in [6.45, 7) is 3.42. The molecule has 0 saturated heterocycles. The Morgan fingerprint density at radius 2 is 1.49 bits per heavy atom. The van der Waals surface area contributed by atoms with Crippen molar-refractivity contribution in [2.75, 3.05) is 0 Å². The van der Waals surface area contributed by atoms with Gasteiger partial charge in [-0.2, -0.15) is 0 Å². The molecule has 1 rings (SSSR count). The first kappa shape index (κ1) is 31.0. The van der Waals surface area contributed by atoms with Crippen molar-refractivity contribution in [1.82, 2.24) is 16.0 Å². The third-order valence-electron chi connectivity index (χ3n) is 5.74. The fraction of sp³-hybridized carbons (Fsp3) is 0.500. The van der Waals surface area contributed by atoms with Crippen molar-refractivity contribution in [2.45, 2.75) is 70.1 Å².